The van der Waals surface area contributed by atoms with Crippen LogP contribution in [0.2, 0.25) is 0 Å². The van der Waals surface area contributed by atoms with E-state index in [0.29, 0.717) is 5.75 Å². The van der Waals surface area contributed by atoms with Crippen LogP contribution in [0.15, 0.2) is 0 Å². The summed E-state index contributed by atoms with van der Waals surface area (Å²) in [4.78, 5) is 0. The molecule has 0 amide bonds. The lowest BCUT2D eigenvalue weighted by molar-refractivity contribution is -0.284. The molecule has 23 heavy (non-hydrogen) atoms. The van der Waals surface area contributed by atoms with E-state index in [-0.39, 0.29) is 12.2 Å². The molecule has 7 heteroatoms. The molecule has 0 N–H and O–H groups in total. The summed E-state index contributed by atoms with van der Waals surface area (Å²) in [7, 11) is -1.29. The van der Waals surface area contributed by atoms with Gasteiger partial charge in [-0.1, -0.05) is 58.3 Å². The zero-order valence-corrected chi connectivity index (χ0v) is 14.7. The first-order valence-corrected chi connectivity index (χ1v) is 9.99. The molecule has 140 valence electrons. The Labute approximate surface area is 138 Å². The monoisotopic (exact) mass is 364 g/mol. The summed E-state index contributed by atoms with van der Waals surface area (Å²) in [5, 5.41) is 0. The van der Waals surface area contributed by atoms with Crippen molar-refractivity contribution in [2.75, 3.05) is 11.5 Å². The summed E-state index contributed by atoms with van der Waals surface area (Å²) in [5.74, 6) is -4.36. The molecular formula is C16H29F5OS. The average molecular weight is 364 g/mol. The van der Waals surface area contributed by atoms with E-state index in [2.05, 4.69) is 6.92 Å². The van der Waals surface area contributed by atoms with Crippen molar-refractivity contribution in [2.24, 2.45) is 0 Å². The van der Waals surface area contributed by atoms with Gasteiger partial charge < -0.3 is 0 Å². The number of hydrogen-bond acceptors (Lipinski definition) is 1. The van der Waals surface area contributed by atoms with Gasteiger partial charge in [-0.15, -0.1) is 0 Å². The van der Waals surface area contributed by atoms with Crippen LogP contribution < -0.4 is 0 Å². The van der Waals surface area contributed by atoms with Gasteiger partial charge in [0.25, 0.3) is 0 Å². The van der Waals surface area contributed by atoms with E-state index in [9.17, 15) is 26.2 Å². The largest absolute Gasteiger partial charge is 0.453 e. The highest BCUT2D eigenvalue weighted by molar-refractivity contribution is 7.84. The third-order valence-corrected chi connectivity index (χ3v) is 5.24. The number of rotatable bonds is 14. The lowest BCUT2D eigenvalue weighted by Crippen LogP contribution is -2.36. The topological polar surface area (TPSA) is 17.1 Å². The quantitative estimate of drug-likeness (QED) is 0.263. The van der Waals surface area contributed by atoms with E-state index in [0.717, 1.165) is 25.7 Å². The fourth-order valence-electron chi connectivity index (χ4n) is 2.27. The van der Waals surface area contributed by atoms with Crippen LogP contribution in [0.25, 0.3) is 0 Å². The second-order valence-electron chi connectivity index (χ2n) is 5.98. The van der Waals surface area contributed by atoms with Gasteiger partial charge >= 0.3 is 12.1 Å². The van der Waals surface area contributed by atoms with Crippen molar-refractivity contribution in [3.8, 4) is 0 Å². The van der Waals surface area contributed by atoms with Crippen LogP contribution >= 0.6 is 0 Å². The molecule has 0 spiro atoms. The Morgan fingerprint density at radius 2 is 1.13 bits per heavy atom. The van der Waals surface area contributed by atoms with Crippen molar-refractivity contribution < 1.29 is 26.2 Å². The molecule has 0 aromatic carbocycles. The first-order valence-electron chi connectivity index (χ1n) is 8.50. The summed E-state index contributed by atoms with van der Waals surface area (Å²) in [6, 6.07) is 0. The zero-order valence-electron chi connectivity index (χ0n) is 13.9. The Bertz CT molecular complexity index is 318. The third-order valence-electron chi connectivity index (χ3n) is 3.75. The Balaban J connectivity index is 3.51. The SMILES string of the molecule is CCCCCCCCCCCS(=O)CCCC(F)(F)C(F)(F)F. The molecule has 0 aromatic rings. The summed E-state index contributed by atoms with van der Waals surface area (Å²) >= 11 is 0. The second kappa shape index (κ2) is 12.2. The molecule has 0 radical (unpaired) electrons. The highest BCUT2D eigenvalue weighted by Gasteiger charge is 2.56. The minimum Gasteiger partial charge on any atom is -0.260 e. The fraction of sp³-hybridized carbons (Fsp3) is 1.00. The minimum atomic E-state index is -5.51. The van der Waals surface area contributed by atoms with Gasteiger partial charge in [0.2, 0.25) is 0 Å². The predicted octanol–water partition coefficient (Wildman–Crippen LogP) is 6.24. The molecule has 1 nitrogen and oxygen atoms in total. The molecule has 0 aromatic heterocycles. The van der Waals surface area contributed by atoms with Gasteiger partial charge in [0.05, 0.1) is 0 Å². The zero-order chi connectivity index (χ0) is 17.8. The number of unbranched alkanes of at least 4 members (excludes halogenated alkanes) is 8. The summed E-state index contributed by atoms with van der Waals surface area (Å²) in [6.45, 7) is 2.17. The second-order valence-corrected chi connectivity index (χ2v) is 7.68. The van der Waals surface area contributed by atoms with Crippen molar-refractivity contribution in [2.45, 2.75) is 89.7 Å². The van der Waals surface area contributed by atoms with Crippen LogP contribution in [0.1, 0.15) is 77.6 Å². The van der Waals surface area contributed by atoms with Crippen molar-refractivity contribution in [3.05, 3.63) is 0 Å². The molecule has 0 aliphatic heterocycles. The van der Waals surface area contributed by atoms with E-state index >= 15 is 0 Å². The number of hydrogen-bond donors (Lipinski definition) is 0. The summed E-state index contributed by atoms with van der Waals surface area (Å²) in [5.41, 5.74) is 0. The lowest BCUT2D eigenvalue weighted by Gasteiger charge is -2.19. The molecule has 1 unspecified atom stereocenters. The molecule has 0 bridgehead atoms. The van der Waals surface area contributed by atoms with Crippen molar-refractivity contribution in [1.29, 1.82) is 0 Å². The van der Waals surface area contributed by atoms with Gasteiger partial charge in [-0.05, 0) is 12.8 Å². The van der Waals surface area contributed by atoms with Gasteiger partial charge in [-0.3, -0.25) is 4.21 Å². The third kappa shape index (κ3) is 11.9. The fourth-order valence-corrected chi connectivity index (χ4v) is 3.47. The minimum absolute atomic E-state index is 0.0807. The van der Waals surface area contributed by atoms with E-state index < -0.39 is 29.3 Å². The normalized spacial score (nSPS) is 14.2. The highest BCUT2D eigenvalue weighted by atomic mass is 32.2. The first-order chi connectivity index (χ1) is 10.7. The Morgan fingerprint density at radius 1 is 0.696 bits per heavy atom. The van der Waals surface area contributed by atoms with Gasteiger partial charge in [-0.2, -0.15) is 22.0 Å². The van der Waals surface area contributed by atoms with Crippen molar-refractivity contribution in [1.82, 2.24) is 0 Å². The summed E-state index contributed by atoms with van der Waals surface area (Å²) < 4.78 is 72.7. The Kier molecular flexibility index (Phi) is 12.1. The van der Waals surface area contributed by atoms with Crippen LogP contribution in [0, 0.1) is 0 Å². The standard InChI is InChI=1S/C16H29F5OS/c1-2-3-4-5-6-7-8-9-10-13-23(22)14-11-12-15(17,18)16(19,20)21/h2-14H2,1H3. The number of halogens is 5. The maximum Gasteiger partial charge on any atom is 0.453 e. The van der Waals surface area contributed by atoms with Crippen LogP contribution in [0.5, 0.6) is 0 Å². The van der Waals surface area contributed by atoms with E-state index in [4.69, 9.17) is 0 Å². The predicted molar refractivity (Wildman–Crippen MR) is 85.3 cm³/mol. The van der Waals surface area contributed by atoms with E-state index in [1.165, 1.54) is 32.1 Å². The Hall–Kier alpha value is -0.200. The van der Waals surface area contributed by atoms with Crippen molar-refractivity contribution in [3.63, 3.8) is 0 Å². The number of alkyl halides is 5. The van der Waals surface area contributed by atoms with Gasteiger partial charge in [0, 0.05) is 28.7 Å². The van der Waals surface area contributed by atoms with Crippen LogP contribution in [0.3, 0.4) is 0 Å². The molecule has 0 aliphatic carbocycles. The smallest absolute Gasteiger partial charge is 0.260 e. The maximum atomic E-state index is 12.7. The lowest BCUT2D eigenvalue weighted by atomic mass is 10.1. The van der Waals surface area contributed by atoms with E-state index in [1.54, 1.807) is 0 Å². The molecule has 0 rings (SSSR count). The molecule has 0 saturated heterocycles. The van der Waals surface area contributed by atoms with Crippen LogP contribution in [0.4, 0.5) is 22.0 Å². The molecule has 0 saturated carbocycles. The highest BCUT2D eigenvalue weighted by Crippen LogP contribution is 2.38. The van der Waals surface area contributed by atoms with Gasteiger partial charge in [0.1, 0.15) is 0 Å². The van der Waals surface area contributed by atoms with Crippen LogP contribution in [-0.4, -0.2) is 27.8 Å². The molecule has 0 aliphatic rings. The molecule has 0 heterocycles. The first kappa shape index (κ1) is 22.8. The van der Waals surface area contributed by atoms with Crippen LogP contribution in [-0.2, 0) is 10.8 Å². The van der Waals surface area contributed by atoms with Gasteiger partial charge in [-0.25, -0.2) is 0 Å². The molecule has 0 fully saturated rings. The van der Waals surface area contributed by atoms with Crippen molar-refractivity contribution >= 4 is 10.8 Å². The van der Waals surface area contributed by atoms with Gasteiger partial charge in [0.15, 0.2) is 0 Å². The molecular weight excluding hydrogens is 335 g/mol. The molecule has 1 atom stereocenters. The Morgan fingerprint density at radius 3 is 1.61 bits per heavy atom. The maximum absolute atomic E-state index is 12.7. The average Bonchev–Trinajstić information content (AvgIpc) is 2.44. The summed E-state index contributed by atoms with van der Waals surface area (Å²) in [6.07, 6.45) is 2.96. The van der Waals surface area contributed by atoms with E-state index in [1.807, 2.05) is 0 Å².